The van der Waals surface area contributed by atoms with Crippen molar-refractivity contribution in [3.8, 4) is 0 Å². The summed E-state index contributed by atoms with van der Waals surface area (Å²) < 4.78 is 0. The Morgan fingerprint density at radius 2 is 2.40 bits per heavy atom. The molecule has 0 radical (unpaired) electrons. The topological polar surface area (TPSA) is 70.3 Å². The molecule has 0 rings (SSSR count). The van der Waals surface area contributed by atoms with Gasteiger partial charge in [0.25, 0.3) is 0 Å². The van der Waals surface area contributed by atoms with Gasteiger partial charge in [-0.15, -0.1) is 6.58 Å². The molecule has 0 amide bonds. The predicted molar refractivity (Wildman–Crippen MR) is 40.7 cm³/mol. The van der Waals surface area contributed by atoms with Gasteiger partial charge in [0.05, 0.1) is 0 Å². The second kappa shape index (κ2) is 5.37. The molecule has 60 valence electrons. The monoisotopic (exact) mass is 145 g/mol. The number of aliphatic hydroxyl groups is 1. The van der Waals surface area contributed by atoms with Gasteiger partial charge in [0.2, 0.25) is 0 Å². The highest BCUT2D eigenvalue weighted by Crippen LogP contribution is 1.91. The van der Waals surface area contributed by atoms with E-state index in [1.807, 2.05) is 6.92 Å². The van der Waals surface area contributed by atoms with Crippen molar-refractivity contribution in [1.29, 1.82) is 0 Å². The third kappa shape index (κ3) is 4.46. The van der Waals surface area contributed by atoms with Crippen LogP contribution < -0.4 is 16.6 Å². The molecular weight excluding hydrogens is 130 g/mol. The molecule has 0 fully saturated rings. The molecule has 0 bridgehead atoms. The van der Waals surface area contributed by atoms with Gasteiger partial charge in [-0.2, -0.15) is 0 Å². The first-order valence-electron chi connectivity index (χ1n) is 3.20. The SMILES string of the molecule is C=CC(C)CNC(O)NN. The van der Waals surface area contributed by atoms with Crippen LogP contribution in [0.4, 0.5) is 0 Å². The fourth-order valence-electron chi connectivity index (χ4n) is 0.440. The van der Waals surface area contributed by atoms with E-state index in [1.54, 1.807) is 6.08 Å². The van der Waals surface area contributed by atoms with Crippen molar-refractivity contribution in [2.24, 2.45) is 11.8 Å². The first kappa shape index (κ1) is 9.58. The third-order valence-corrected chi connectivity index (χ3v) is 1.19. The fourth-order valence-corrected chi connectivity index (χ4v) is 0.440. The fraction of sp³-hybridized carbons (Fsp3) is 0.667. The van der Waals surface area contributed by atoms with Gasteiger partial charge in [0, 0.05) is 6.54 Å². The van der Waals surface area contributed by atoms with Crippen molar-refractivity contribution in [3.63, 3.8) is 0 Å². The molecule has 0 aromatic heterocycles. The molecule has 0 aliphatic carbocycles. The number of hydrazine groups is 1. The molecular formula is C6H15N3O. The van der Waals surface area contributed by atoms with Crippen molar-refractivity contribution in [2.45, 2.75) is 13.3 Å². The largest absolute Gasteiger partial charge is 0.364 e. The van der Waals surface area contributed by atoms with Crippen LogP contribution in [0.2, 0.25) is 0 Å². The van der Waals surface area contributed by atoms with Gasteiger partial charge in [0.1, 0.15) is 0 Å². The highest BCUT2D eigenvalue weighted by Gasteiger charge is 1.99. The lowest BCUT2D eigenvalue weighted by Crippen LogP contribution is -2.47. The quantitative estimate of drug-likeness (QED) is 0.176. The number of nitrogens with two attached hydrogens (primary N) is 1. The summed E-state index contributed by atoms with van der Waals surface area (Å²) in [4.78, 5) is 0. The minimum Gasteiger partial charge on any atom is -0.364 e. The maximum Gasteiger partial charge on any atom is 0.172 e. The zero-order chi connectivity index (χ0) is 7.98. The van der Waals surface area contributed by atoms with Gasteiger partial charge in [-0.1, -0.05) is 13.0 Å². The Bertz CT molecular complexity index is 97.0. The van der Waals surface area contributed by atoms with Gasteiger partial charge in [-0.3, -0.25) is 11.2 Å². The van der Waals surface area contributed by atoms with Crippen LogP contribution in [-0.2, 0) is 0 Å². The smallest absolute Gasteiger partial charge is 0.172 e. The second-order valence-corrected chi connectivity index (χ2v) is 2.19. The molecule has 0 spiro atoms. The molecule has 0 aromatic rings. The molecule has 5 N–H and O–H groups in total. The van der Waals surface area contributed by atoms with Crippen LogP contribution in [0.1, 0.15) is 6.92 Å². The van der Waals surface area contributed by atoms with Crippen LogP contribution in [0.3, 0.4) is 0 Å². The molecule has 0 aromatic carbocycles. The summed E-state index contributed by atoms with van der Waals surface area (Å²) >= 11 is 0. The summed E-state index contributed by atoms with van der Waals surface area (Å²) in [6.45, 7) is 6.24. The molecule has 2 unspecified atom stereocenters. The lowest BCUT2D eigenvalue weighted by atomic mass is 10.2. The molecule has 4 heteroatoms. The summed E-state index contributed by atoms with van der Waals surface area (Å²) in [6.07, 6.45) is 0.971. The molecule has 0 saturated carbocycles. The van der Waals surface area contributed by atoms with E-state index in [2.05, 4.69) is 17.3 Å². The lowest BCUT2D eigenvalue weighted by Gasteiger charge is -2.12. The molecule has 2 atom stereocenters. The first-order chi connectivity index (χ1) is 4.70. The summed E-state index contributed by atoms with van der Waals surface area (Å²) in [5.41, 5.74) is 2.15. The first-order valence-corrected chi connectivity index (χ1v) is 3.20. The van der Waals surface area contributed by atoms with Crippen LogP contribution in [0.15, 0.2) is 12.7 Å². The van der Waals surface area contributed by atoms with E-state index in [-0.39, 0.29) is 0 Å². The van der Waals surface area contributed by atoms with Gasteiger partial charge < -0.3 is 5.11 Å². The maximum atomic E-state index is 8.82. The van der Waals surface area contributed by atoms with Crippen molar-refractivity contribution >= 4 is 0 Å². The molecule has 0 saturated heterocycles. The minimum absolute atomic E-state index is 0.336. The van der Waals surface area contributed by atoms with Crippen molar-refractivity contribution in [3.05, 3.63) is 12.7 Å². The van der Waals surface area contributed by atoms with E-state index in [1.165, 1.54) is 0 Å². The number of aliphatic hydroxyl groups excluding tert-OH is 1. The zero-order valence-corrected chi connectivity index (χ0v) is 6.17. The second-order valence-electron chi connectivity index (χ2n) is 2.19. The van der Waals surface area contributed by atoms with E-state index in [0.29, 0.717) is 12.5 Å². The molecule has 0 heterocycles. The summed E-state index contributed by atoms with van der Waals surface area (Å²) in [6, 6.07) is 0. The van der Waals surface area contributed by atoms with E-state index in [0.717, 1.165) is 0 Å². The highest BCUT2D eigenvalue weighted by molar-refractivity contribution is 4.76. The normalized spacial score (nSPS) is 16.3. The van der Waals surface area contributed by atoms with Gasteiger partial charge in [-0.25, -0.2) is 5.43 Å². The maximum absolute atomic E-state index is 8.82. The molecule has 4 nitrogen and oxygen atoms in total. The molecule has 10 heavy (non-hydrogen) atoms. The molecule has 0 aliphatic heterocycles. The Labute approximate surface area is 61.1 Å². The highest BCUT2D eigenvalue weighted by atomic mass is 16.3. The van der Waals surface area contributed by atoms with E-state index in [4.69, 9.17) is 10.9 Å². The van der Waals surface area contributed by atoms with Gasteiger partial charge >= 0.3 is 0 Å². The van der Waals surface area contributed by atoms with Crippen LogP contribution in [0, 0.1) is 5.92 Å². The van der Waals surface area contributed by atoms with Crippen LogP contribution in [0.25, 0.3) is 0 Å². The van der Waals surface area contributed by atoms with E-state index < -0.39 is 6.35 Å². The van der Waals surface area contributed by atoms with Crippen molar-refractivity contribution < 1.29 is 5.11 Å². The van der Waals surface area contributed by atoms with Crippen molar-refractivity contribution in [2.75, 3.05) is 6.54 Å². The number of nitrogens with one attached hydrogen (secondary N) is 2. The Kier molecular flexibility index (Phi) is 5.15. The minimum atomic E-state index is -0.831. The Balaban J connectivity index is 3.25. The van der Waals surface area contributed by atoms with Crippen LogP contribution >= 0.6 is 0 Å². The van der Waals surface area contributed by atoms with Crippen molar-refractivity contribution in [1.82, 2.24) is 10.7 Å². The average molecular weight is 145 g/mol. The Hall–Kier alpha value is -0.420. The summed E-state index contributed by atoms with van der Waals surface area (Å²) in [5, 5.41) is 11.6. The Morgan fingerprint density at radius 1 is 1.80 bits per heavy atom. The number of hydrogen-bond donors (Lipinski definition) is 4. The van der Waals surface area contributed by atoms with Gasteiger partial charge in [-0.05, 0) is 5.92 Å². The van der Waals surface area contributed by atoms with E-state index in [9.17, 15) is 0 Å². The van der Waals surface area contributed by atoms with E-state index >= 15 is 0 Å². The standard InChI is InChI=1S/C6H15N3O/c1-3-5(2)4-8-6(10)9-7/h3,5-6,8-10H,1,4,7H2,2H3. The summed E-state index contributed by atoms with van der Waals surface area (Å²) in [7, 11) is 0. The van der Waals surface area contributed by atoms with Crippen LogP contribution in [-0.4, -0.2) is 18.0 Å². The molecule has 0 aliphatic rings. The zero-order valence-electron chi connectivity index (χ0n) is 6.17. The lowest BCUT2D eigenvalue weighted by molar-refractivity contribution is 0.0998. The number of hydrogen-bond acceptors (Lipinski definition) is 4. The Morgan fingerprint density at radius 3 is 2.80 bits per heavy atom. The third-order valence-electron chi connectivity index (χ3n) is 1.19. The predicted octanol–water partition coefficient (Wildman–Crippen LogP) is -0.863. The van der Waals surface area contributed by atoms with Crippen LogP contribution in [0.5, 0.6) is 0 Å². The van der Waals surface area contributed by atoms with Gasteiger partial charge in [0.15, 0.2) is 6.35 Å². The summed E-state index contributed by atoms with van der Waals surface area (Å²) in [5.74, 6) is 5.25. The average Bonchev–Trinajstić information content (AvgIpc) is 1.99. The number of rotatable bonds is 5.